The van der Waals surface area contributed by atoms with E-state index in [0.717, 1.165) is 6.42 Å². The van der Waals surface area contributed by atoms with Crippen molar-refractivity contribution in [3.63, 3.8) is 0 Å². The third-order valence-corrected chi connectivity index (χ3v) is 5.66. The molecule has 1 saturated carbocycles. The molecule has 1 aromatic heterocycles. The van der Waals surface area contributed by atoms with Crippen LogP contribution in [0.3, 0.4) is 0 Å². The molecule has 0 amide bonds. The van der Waals surface area contributed by atoms with E-state index in [1.807, 2.05) is 20.8 Å². The molecule has 0 N–H and O–H groups in total. The number of methoxy groups -OCH3 is 1. The molecule has 0 radical (unpaired) electrons. The zero-order chi connectivity index (χ0) is 16.7. The molecule has 5 nitrogen and oxygen atoms in total. The average Bonchev–Trinajstić information content (AvgIpc) is 2.63. The zero-order valence-corrected chi connectivity index (χ0v) is 14.1. The molecule has 2 rings (SSSR count). The van der Waals surface area contributed by atoms with Gasteiger partial charge in [0.05, 0.1) is 13.0 Å². The van der Waals surface area contributed by atoms with Crippen LogP contribution in [0.25, 0.3) is 0 Å². The Bertz CT molecular complexity index is 608. The highest BCUT2D eigenvalue weighted by atomic mass is 16.5. The fraction of sp³-hybridized carbons (Fsp3) is 0.647. The molecule has 0 saturated heterocycles. The van der Waals surface area contributed by atoms with E-state index in [9.17, 15) is 9.59 Å². The summed E-state index contributed by atoms with van der Waals surface area (Å²) >= 11 is 0. The predicted molar refractivity (Wildman–Crippen MR) is 82.8 cm³/mol. The van der Waals surface area contributed by atoms with Gasteiger partial charge in [-0.1, -0.05) is 41.0 Å². The van der Waals surface area contributed by atoms with Crippen molar-refractivity contribution in [3.05, 3.63) is 18.1 Å². The van der Waals surface area contributed by atoms with Crippen molar-refractivity contribution in [2.24, 2.45) is 22.7 Å². The van der Waals surface area contributed by atoms with Gasteiger partial charge in [-0.15, -0.1) is 0 Å². The summed E-state index contributed by atoms with van der Waals surface area (Å²) < 4.78 is 5.04. The summed E-state index contributed by atoms with van der Waals surface area (Å²) in [5, 5.41) is 0. The van der Waals surface area contributed by atoms with Crippen LogP contribution >= 0.6 is 0 Å². The second kappa shape index (κ2) is 5.45. The lowest BCUT2D eigenvalue weighted by Gasteiger charge is -2.37. The fourth-order valence-electron chi connectivity index (χ4n) is 3.56. The first-order valence-electron chi connectivity index (χ1n) is 7.63. The minimum atomic E-state index is -0.644. The Labute approximate surface area is 131 Å². The molecule has 22 heavy (non-hydrogen) atoms. The molecule has 1 fully saturated rings. The van der Waals surface area contributed by atoms with Crippen LogP contribution in [0.5, 0.6) is 5.88 Å². The summed E-state index contributed by atoms with van der Waals surface area (Å²) in [4.78, 5) is 33.7. The molecule has 1 heterocycles. The van der Waals surface area contributed by atoms with Crippen LogP contribution in [0, 0.1) is 22.7 Å². The SMILES string of the molecule is CCC1C(C(=O)c2cc(OC)ncn2)C(=O)C(C)(C)C1(C)C. The summed E-state index contributed by atoms with van der Waals surface area (Å²) in [7, 11) is 1.48. The summed E-state index contributed by atoms with van der Waals surface area (Å²) in [6, 6.07) is 1.50. The first-order chi connectivity index (χ1) is 10.2. The van der Waals surface area contributed by atoms with Crippen LogP contribution in [-0.2, 0) is 4.79 Å². The first kappa shape index (κ1) is 16.6. The molecule has 120 valence electrons. The van der Waals surface area contributed by atoms with Crippen LogP contribution in [-0.4, -0.2) is 28.6 Å². The number of nitrogens with zero attached hydrogens (tertiary/aromatic N) is 2. The molecule has 0 bridgehead atoms. The number of aromatic nitrogens is 2. The first-order valence-corrected chi connectivity index (χ1v) is 7.63. The van der Waals surface area contributed by atoms with Crippen molar-refractivity contribution in [1.82, 2.24) is 9.97 Å². The fourth-order valence-corrected chi connectivity index (χ4v) is 3.56. The summed E-state index contributed by atoms with van der Waals surface area (Å²) in [5.74, 6) is -0.531. The molecule has 5 heteroatoms. The van der Waals surface area contributed by atoms with Crippen LogP contribution in [0.15, 0.2) is 12.4 Å². The minimum absolute atomic E-state index is 0.00320. The van der Waals surface area contributed by atoms with Crippen molar-refractivity contribution >= 4 is 11.6 Å². The van der Waals surface area contributed by atoms with Gasteiger partial charge in [-0.2, -0.15) is 0 Å². The van der Waals surface area contributed by atoms with Gasteiger partial charge in [0.15, 0.2) is 5.78 Å². The molecule has 0 aliphatic heterocycles. The van der Waals surface area contributed by atoms with Crippen LogP contribution in [0.2, 0.25) is 0 Å². The van der Waals surface area contributed by atoms with Gasteiger partial charge in [0.1, 0.15) is 17.8 Å². The van der Waals surface area contributed by atoms with Crippen molar-refractivity contribution in [3.8, 4) is 5.88 Å². The van der Waals surface area contributed by atoms with E-state index >= 15 is 0 Å². The van der Waals surface area contributed by atoms with E-state index in [1.165, 1.54) is 19.5 Å². The maximum Gasteiger partial charge on any atom is 0.216 e. The van der Waals surface area contributed by atoms with Gasteiger partial charge < -0.3 is 4.74 Å². The van der Waals surface area contributed by atoms with Crippen molar-refractivity contribution in [2.45, 2.75) is 41.0 Å². The van der Waals surface area contributed by atoms with E-state index in [4.69, 9.17) is 4.74 Å². The lowest BCUT2D eigenvalue weighted by Crippen LogP contribution is -2.34. The lowest BCUT2D eigenvalue weighted by atomic mass is 9.66. The molecule has 1 aliphatic carbocycles. The molecule has 0 spiro atoms. The van der Waals surface area contributed by atoms with Gasteiger partial charge >= 0.3 is 0 Å². The number of carbonyl (C=O) groups excluding carboxylic acids is 2. The van der Waals surface area contributed by atoms with Crippen molar-refractivity contribution in [1.29, 1.82) is 0 Å². The molecule has 1 aromatic rings. The van der Waals surface area contributed by atoms with Crippen LogP contribution in [0.1, 0.15) is 51.5 Å². The Morgan fingerprint density at radius 3 is 2.45 bits per heavy atom. The monoisotopic (exact) mass is 304 g/mol. The number of ketones is 2. The van der Waals surface area contributed by atoms with Gasteiger partial charge in [0.25, 0.3) is 0 Å². The zero-order valence-electron chi connectivity index (χ0n) is 14.1. The van der Waals surface area contributed by atoms with E-state index in [0.29, 0.717) is 5.88 Å². The Morgan fingerprint density at radius 2 is 1.91 bits per heavy atom. The van der Waals surface area contributed by atoms with E-state index in [-0.39, 0.29) is 28.6 Å². The van der Waals surface area contributed by atoms with Crippen LogP contribution in [0.4, 0.5) is 0 Å². The highest BCUT2D eigenvalue weighted by Gasteiger charge is 2.61. The normalized spacial score (nSPS) is 26.0. The number of carbonyl (C=O) groups is 2. The summed E-state index contributed by atoms with van der Waals surface area (Å²) in [6.07, 6.45) is 2.07. The van der Waals surface area contributed by atoms with E-state index < -0.39 is 11.3 Å². The van der Waals surface area contributed by atoms with Gasteiger partial charge in [-0.25, -0.2) is 9.97 Å². The van der Waals surface area contributed by atoms with Gasteiger partial charge in [0.2, 0.25) is 5.88 Å². The van der Waals surface area contributed by atoms with Gasteiger partial charge in [-0.05, 0) is 11.3 Å². The molecule has 0 aromatic carbocycles. The quantitative estimate of drug-likeness (QED) is 0.632. The number of hydrogen-bond donors (Lipinski definition) is 0. The molecule has 1 aliphatic rings. The van der Waals surface area contributed by atoms with E-state index in [2.05, 4.69) is 23.8 Å². The van der Waals surface area contributed by atoms with Crippen molar-refractivity contribution < 1.29 is 14.3 Å². The second-order valence-corrected chi connectivity index (χ2v) is 7.01. The third kappa shape index (κ3) is 2.23. The maximum absolute atomic E-state index is 12.9. The molecule has 2 unspecified atom stereocenters. The predicted octanol–water partition coefficient (Wildman–Crippen LogP) is 2.95. The highest BCUT2D eigenvalue weighted by molar-refractivity contribution is 6.13. The Balaban J connectivity index is 2.46. The van der Waals surface area contributed by atoms with Crippen LogP contribution < -0.4 is 4.74 Å². The van der Waals surface area contributed by atoms with Crippen molar-refractivity contribution in [2.75, 3.05) is 7.11 Å². The number of rotatable bonds is 4. The third-order valence-electron chi connectivity index (χ3n) is 5.66. The molecular weight excluding hydrogens is 280 g/mol. The standard InChI is InChI=1S/C17H24N2O3/c1-7-10-13(15(21)17(4,5)16(10,2)3)14(20)11-8-12(22-6)19-9-18-11/h8-10,13H,7H2,1-6H3. The topological polar surface area (TPSA) is 69.2 Å². The lowest BCUT2D eigenvalue weighted by molar-refractivity contribution is -0.128. The second-order valence-electron chi connectivity index (χ2n) is 7.01. The van der Waals surface area contributed by atoms with Gasteiger partial charge in [0, 0.05) is 11.5 Å². The maximum atomic E-state index is 12.9. The summed E-state index contributed by atoms with van der Waals surface area (Å²) in [5.41, 5.74) is -0.529. The minimum Gasteiger partial charge on any atom is -0.481 e. The number of hydrogen-bond acceptors (Lipinski definition) is 5. The smallest absolute Gasteiger partial charge is 0.216 e. The Hall–Kier alpha value is -1.78. The molecular formula is C17H24N2O3. The molecule has 2 atom stereocenters. The van der Waals surface area contributed by atoms with E-state index in [1.54, 1.807) is 0 Å². The largest absolute Gasteiger partial charge is 0.481 e. The number of ether oxygens (including phenoxy) is 1. The average molecular weight is 304 g/mol. The summed E-state index contributed by atoms with van der Waals surface area (Å²) in [6.45, 7) is 10.1. The Kier molecular flexibility index (Phi) is 4.11. The Morgan fingerprint density at radius 1 is 1.27 bits per heavy atom. The highest BCUT2D eigenvalue weighted by Crippen LogP contribution is 2.57. The van der Waals surface area contributed by atoms with Gasteiger partial charge in [-0.3, -0.25) is 9.59 Å². The number of Topliss-reactive ketones (excluding diaryl/α,β-unsaturated/α-hetero) is 2.